The summed E-state index contributed by atoms with van der Waals surface area (Å²) >= 11 is 0. The summed E-state index contributed by atoms with van der Waals surface area (Å²) in [6.07, 6.45) is 4.79. The Labute approximate surface area is 142 Å². The van der Waals surface area contributed by atoms with Crippen LogP contribution in [0.15, 0.2) is 35.1 Å². The minimum Gasteiger partial charge on any atom is -0.351 e. The van der Waals surface area contributed by atoms with Gasteiger partial charge in [-0.2, -0.15) is 0 Å². The zero-order valence-corrected chi connectivity index (χ0v) is 14.2. The monoisotopic (exact) mass is 328 g/mol. The molecule has 0 radical (unpaired) electrons. The van der Waals surface area contributed by atoms with Crippen LogP contribution in [0, 0.1) is 5.92 Å². The molecule has 1 saturated heterocycles. The van der Waals surface area contributed by atoms with Gasteiger partial charge in [0.05, 0.1) is 5.69 Å². The molecule has 1 amide bonds. The third kappa shape index (κ3) is 4.20. The highest BCUT2D eigenvalue weighted by Gasteiger charge is 2.23. The van der Waals surface area contributed by atoms with E-state index in [0.29, 0.717) is 18.2 Å². The Bertz CT molecular complexity index is 669. The van der Waals surface area contributed by atoms with Crippen molar-refractivity contribution in [3.63, 3.8) is 0 Å². The van der Waals surface area contributed by atoms with Crippen LogP contribution in [0.5, 0.6) is 0 Å². The van der Waals surface area contributed by atoms with Crippen LogP contribution in [-0.4, -0.2) is 40.6 Å². The molecule has 0 saturated carbocycles. The van der Waals surface area contributed by atoms with Crippen LogP contribution in [0.2, 0.25) is 0 Å². The van der Waals surface area contributed by atoms with E-state index in [4.69, 9.17) is 4.52 Å². The smallest absolute Gasteiger partial charge is 0.289 e. The van der Waals surface area contributed by atoms with Gasteiger partial charge in [-0.3, -0.25) is 14.7 Å². The van der Waals surface area contributed by atoms with Gasteiger partial charge in [0.2, 0.25) is 5.76 Å². The number of pyridine rings is 1. The largest absolute Gasteiger partial charge is 0.351 e. The first-order chi connectivity index (χ1) is 11.6. The number of nitrogens with zero attached hydrogens (tertiary/aromatic N) is 3. The average molecular weight is 328 g/mol. The van der Waals surface area contributed by atoms with Crippen molar-refractivity contribution in [1.82, 2.24) is 20.4 Å². The summed E-state index contributed by atoms with van der Waals surface area (Å²) in [5.41, 5.74) is 2.04. The van der Waals surface area contributed by atoms with E-state index in [-0.39, 0.29) is 11.8 Å². The number of rotatable bonds is 6. The molecule has 1 atom stereocenters. The van der Waals surface area contributed by atoms with Crippen LogP contribution < -0.4 is 5.32 Å². The molecule has 3 heterocycles. The van der Waals surface area contributed by atoms with Crippen LogP contribution in [0.4, 0.5) is 0 Å². The standard InChI is InChI=1S/C18H24N4O2/c1-13(2)16-8-17(24-21-16)18(23)20-10-15-5-7-22(12-15)11-14-4-3-6-19-9-14/h3-4,6,8-9,13,15H,5,7,10-12H2,1-2H3,(H,20,23)/t15-/m1/s1. The van der Waals surface area contributed by atoms with Crippen LogP contribution in [0.3, 0.4) is 0 Å². The molecular formula is C18H24N4O2. The van der Waals surface area contributed by atoms with Crippen molar-refractivity contribution in [1.29, 1.82) is 0 Å². The van der Waals surface area contributed by atoms with Crippen molar-refractivity contribution in [2.24, 2.45) is 5.92 Å². The minimum absolute atomic E-state index is 0.180. The molecule has 1 aliphatic heterocycles. The third-order valence-electron chi connectivity index (χ3n) is 4.39. The quantitative estimate of drug-likeness (QED) is 0.882. The maximum atomic E-state index is 12.1. The molecule has 0 unspecified atom stereocenters. The number of aromatic nitrogens is 2. The van der Waals surface area contributed by atoms with Gasteiger partial charge in [0.15, 0.2) is 0 Å². The molecule has 0 aliphatic carbocycles. The fourth-order valence-corrected chi connectivity index (χ4v) is 2.97. The molecule has 0 spiro atoms. The topological polar surface area (TPSA) is 71.3 Å². The Morgan fingerprint density at radius 1 is 1.50 bits per heavy atom. The maximum Gasteiger partial charge on any atom is 0.289 e. The number of amides is 1. The van der Waals surface area contributed by atoms with E-state index in [1.165, 1.54) is 5.56 Å². The van der Waals surface area contributed by atoms with Crippen LogP contribution in [0.25, 0.3) is 0 Å². The van der Waals surface area contributed by atoms with Crippen LogP contribution in [-0.2, 0) is 6.54 Å². The number of hydrogen-bond acceptors (Lipinski definition) is 5. The van der Waals surface area contributed by atoms with Gasteiger partial charge >= 0.3 is 0 Å². The van der Waals surface area contributed by atoms with E-state index >= 15 is 0 Å². The second-order valence-electron chi connectivity index (χ2n) is 6.73. The summed E-state index contributed by atoms with van der Waals surface area (Å²) in [4.78, 5) is 18.7. The lowest BCUT2D eigenvalue weighted by Crippen LogP contribution is -2.30. The second kappa shape index (κ2) is 7.57. The number of likely N-dealkylation sites (tertiary alicyclic amines) is 1. The van der Waals surface area contributed by atoms with E-state index in [1.807, 2.05) is 26.1 Å². The van der Waals surface area contributed by atoms with Crippen molar-refractivity contribution < 1.29 is 9.32 Å². The second-order valence-corrected chi connectivity index (χ2v) is 6.73. The molecular weight excluding hydrogens is 304 g/mol. The van der Waals surface area contributed by atoms with Gasteiger partial charge in [-0.25, -0.2) is 0 Å². The number of carbonyl (C=O) groups excluding carboxylic acids is 1. The van der Waals surface area contributed by atoms with E-state index in [1.54, 1.807) is 12.3 Å². The van der Waals surface area contributed by atoms with E-state index in [9.17, 15) is 4.79 Å². The Balaban J connectivity index is 1.44. The number of nitrogens with one attached hydrogen (secondary N) is 1. The molecule has 3 rings (SSSR count). The van der Waals surface area contributed by atoms with Crippen LogP contribution >= 0.6 is 0 Å². The molecule has 6 nitrogen and oxygen atoms in total. The summed E-state index contributed by atoms with van der Waals surface area (Å²) in [7, 11) is 0. The molecule has 6 heteroatoms. The first-order valence-electron chi connectivity index (χ1n) is 8.48. The lowest BCUT2D eigenvalue weighted by atomic mass is 10.1. The molecule has 0 bridgehead atoms. The molecule has 0 aromatic carbocycles. The maximum absolute atomic E-state index is 12.1. The van der Waals surface area contributed by atoms with Gasteiger partial charge in [0.25, 0.3) is 5.91 Å². The first-order valence-corrected chi connectivity index (χ1v) is 8.48. The fourth-order valence-electron chi connectivity index (χ4n) is 2.97. The predicted octanol–water partition coefficient (Wildman–Crippen LogP) is 2.44. The summed E-state index contributed by atoms with van der Waals surface area (Å²) in [6.45, 7) is 7.67. The number of hydrogen-bond donors (Lipinski definition) is 1. The van der Waals surface area contributed by atoms with Gasteiger partial charge < -0.3 is 9.84 Å². The molecule has 1 N–H and O–H groups in total. The van der Waals surface area contributed by atoms with Crippen LogP contribution in [0.1, 0.15) is 48.0 Å². The highest BCUT2D eigenvalue weighted by molar-refractivity contribution is 5.91. The Morgan fingerprint density at radius 3 is 3.08 bits per heavy atom. The molecule has 1 aliphatic rings. The third-order valence-corrected chi connectivity index (χ3v) is 4.39. The van der Waals surface area contributed by atoms with E-state index in [0.717, 1.165) is 31.7 Å². The van der Waals surface area contributed by atoms with Gasteiger partial charge in [-0.1, -0.05) is 25.1 Å². The zero-order chi connectivity index (χ0) is 16.9. The molecule has 2 aromatic heterocycles. The Kier molecular flexibility index (Phi) is 5.25. The average Bonchev–Trinajstić information content (AvgIpc) is 3.23. The highest BCUT2D eigenvalue weighted by Crippen LogP contribution is 2.18. The first kappa shape index (κ1) is 16.6. The van der Waals surface area contributed by atoms with Crippen molar-refractivity contribution in [3.05, 3.63) is 47.6 Å². The van der Waals surface area contributed by atoms with Gasteiger partial charge in [0.1, 0.15) is 0 Å². The summed E-state index contributed by atoms with van der Waals surface area (Å²) < 4.78 is 5.12. The minimum atomic E-state index is -0.180. The zero-order valence-electron chi connectivity index (χ0n) is 14.2. The van der Waals surface area contributed by atoms with E-state index < -0.39 is 0 Å². The van der Waals surface area contributed by atoms with E-state index in [2.05, 4.69) is 26.4 Å². The predicted molar refractivity (Wildman–Crippen MR) is 90.5 cm³/mol. The summed E-state index contributed by atoms with van der Waals surface area (Å²) in [5.74, 6) is 0.841. The molecule has 24 heavy (non-hydrogen) atoms. The van der Waals surface area contributed by atoms with Crippen molar-refractivity contribution in [3.8, 4) is 0 Å². The molecule has 128 valence electrons. The summed E-state index contributed by atoms with van der Waals surface area (Å²) in [5, 5.41) is 6.89. The molecule has 2 aromatic rings. The van der Waals surface area contributed by atoms with Gasteiger partial charge in [0, 0.05) is 38.1 Å². The lowest BCUT2D eigenvalue weighted by molar-refractivity contribution is 0.0910. The normalized spacial score (nSPS) is 18.2. The van der Waals surface area contributed by atoms with Gasteiger partial charge in [-0.15, -0.1) is 0 Å². The highest BCUT2D eigenvalue weighted by atomic mass is 16.5. The SMILES string of the molecule is CC(C)c1cc(C(=O)NC[C@H]2CCN(Cc3cccnc3)C2)on1. The van der Waals surface area contributed by atoms with Crippen molar-refractivity contribution >= 4 is 5.91 Å². The Morgan fingerprint density at radius 2 is 2.38 bits per heavy atom. The lowest BCUT2D eigenvalue weighted by Gasteiger charge is -2.16. The summed E-state index contributed by atoms with van der Waals surface area (Å²) in [6, 6.07) is 5.79. The van der Waals surface area contributed by atoms with Gasteiger partial charge in [-0.05, 0) is 36.4 Å². The number of carbonyl (C=O) groups is 1. The Hall–Kier alpha value is -2.21. The molecule has 1 fully saturated rings. The van der Waals surface area contributed by atoms with Crippen molar-refractivity contribution in [2.75, 3.05) is 19.6 Å². The fraction of sp³-hybridized carbons (Fsp3) is 0.500. The van der Waals surface area contributed by atoms with Crippen molar-refractivity contribution in [2.45, 2.75) is 32.7 Å².